The van der Waals surface area contributed by atoms with Crippen LogP contribution in [0.3, 0.4) is 0 Å². The molecule has 0 saturated carbocycles. The maximum atomic E-state index is 13.5. The quantitative estimate of drug-likeness (QED) is 0.252. The SMILES string of the molecule is C=CCc1cc(C=C2C(=O)N(C)C(=S)N(C)C2=O)cc(OCC)c1OCc1cccc(F)c1. The average Bonchev–Trinajstić information content (AvgIpc) is 2.79. The van der Waals surface area contributed by atoms with E-state index in [1.54, 1.807) is 24.3 Å². The highest BCUT2D eigenvalue weighted by molar-refractivity contribution is 7.80. The van der Waals surface area contributed by atoms with E-state index in [4.69, 9.17) is 21.7 Å². The van der Waals surface area contributed by atoms with Crippen LogP contribution in [0.25, 0.3) is 6.08 Å². The number of likely N-dealkylation sites (N-methyl/N-ethyl adjacent to an activating group) is 2. The summed E-state index contributed by atoms with van der Waals surface area (Å²) >= 11 is 5.14. The zero-order valence-corrected chi connectivity index (χ0v) is 19.6. The number of benzene rings is 2. The number of hydrogen-bond acceptors (Lipinski definition) is 5. The highest BCUT2D eigenvalue weighted by atomic mass is 32.1. The molecule has 0 spiro atoms. The van der Waals surface area contributed by atoms with Gasteiger partial charge in [-0.05, 0) is 67.0 Å². The van der Waals surface area contributed by atoms with Gasteiger partial charge in [0.1, 0.15) is 18.0 Å². The lowest BCUT2D eigenvalue weighted by atomic mass is 10.0. The Kier molecular flexibility index (Phi) is 7.60. The van der Waals surface area contributed by atoms with Crippen LogP contribution in [-0.4, -0.2) is 47.4 Å². The van der Waals surface area contributed by atoms with Gasteiger partial charge in [0.2, 0.25) is 0 Å². The summed E-state index contributed by atoms with van der Waals surface area (Å²) in [6.45, 7) is 6.17. The zero-order valence-electron chi connectivity index (χ0n) is 18.8. The zero-order chi connectivity index (χ0) is 24.1. The topological polar surface area (TPSA) is 59.1 Å². The predicted octanol–water partition coefficient (Wildman–Crippen LogP) is 4.13. The number of ether oxygens (including phenoxy) is 2. The second-order valence-corrected chi connectivity index (χ2v) is 7.79. The maximum absolute atomic E-state index is 13.5. The fraction of sp³-hybridized carbons (Fsp3) is 0.240. The number of thiocarbonyl (C=S) groups is 1. The number of rotatable bonds is 8. The Morgan fingerprint density at radius 2 is 1.79 bits per heavy atom. The van der Waals surface area contributed by atoms with Crippen molar-refractivity contribution in [3.63, 3.8) is 0 Å². The summed E-state index contributed by atoms with van der Waals surface area (Å²) in [7, 11) is 3.05. The first-order valence-corrected chi connectivity index (χ1v) is 10.8. The molecule has 1 aliphatic rings. The molecule has 3 rings (SSSR count). The van der Waals surface area contributed by atoms with Gasteiger partial charge in [-0.25, -0.2) is 4.39 Å². The third kappa shape index (κ3) is 5.28. The lowest BCUT2D eigenvalue weighted by Crippen LogP contribution is -2.52. The molecule has 172 valence electrons. The smallest absolute Gasteiger partial charge is 0.265 e. The van der Waals surface area contributed by atoms with E-state index in [1.165, 1.54) is 42.1 Å². The Balaban J connectivity index is 2.02. The molecule has 33 heavy (non-hydrogen) atoms. The van der Waals surface area contributed by atoms with Crippen molar-refractivity contribution in [2.45, 2.75) is 20.0 Å². The lowest BCUT2D eigenvalue weighted by Gasteiger charge is -2.31. The largest absolute Gasteiger partial charge is 0.490 e. The monoisotopic (exact) mass is 468 g/mol. The first-order chi connectivity index (χ1) is 15.8. The molecule has 1 saturated heterocycles. The summed E-state index contributed by atoms with van der Waals surface area (Å²) in [4.78, 5) is 27.9. The average molecular weight is 469 g/mol. The molecule has 0 atom stereocenters. The third-order valence-electron chi connectivity index (χ3n) is 5.05. The van der Waals surface area contributed by atoms with Crippen molar-refractivity contribution in [3.05, 3.63) is 77.1 Å². The van der Waals surface area contributed by atoms with Crippen LogP contribution in [0.1, 0.15) is 23.6 Å². The Hall–Kier alpha value is -3.52. The molecule has 2 aromatic carbocycles. The Morgan fingerprint density at radius 3 is 2.39 bits per heavy atom. The van der Waals surface area contributed by atoms with Crippen LogP contribution in [-0.2, 0) is 22.6 Å². The molecule has 2 aromatic rings. The molecule has 0 aromatic heterocycles. The summed E-state index contributed by atoms with van der Waals surface area (Å²) in [5.74, 6) is -0.339. The van der Waals surface area contributed by atoms with E-state index in [-0.39, 0.29) is 23.1 Å². The minimum atomic E-state index is -0.474. The molecule has 6 nitrogen and oxygen atoms in total. The van der Waals surface area contributed by atoms with Gasteiger partial charge in [0, 0.05) is 19.7 Å². The van der Waals surface area contributed by atoms with E-state index in [1.807, 2.05) is 13.0 Å². The van der Waals surface area contributed by atoms with E-state index >= 15 is 0 Å². The van der Waals surface area contributed by atoms with Gasteiger partial charge in [0.05, 0.1) is 6.61 Å². The van der Waals surface area contributed by atoms with Crippen LogP contribution in [0.2, 0.25) is 0 Å². The molecule has 1 aliphatic heterocycles. The van der Waals surface area contributed by atoms with Gasteiger partial charge in [-0.3, -0.25) is 19.4 Å². The summed E-state index contributed by atoms with van der Waals surface area (Å²) in [5, 5.41) is 0.144. The predicted molar refractivity (Wildman–Crippen MR) is 128 cm³/mol. The Morgan fingerprint density at radius 1 is 1.09 bits per heavy atom. The van der Waals surface area contributed by atoms with E-state index in [0.29, 0.717) is 35.7 Å². The van der Waals surface area contributed by atoms with Crippen LogP contribution < -0.4 is 9.47 Å². The summed E-state index contributed by atoms with van der Waals surface area (Å²) in [6.07, 6.45) is 3.69. The molecular formula is C25H25FN2O4S. The summed E-state index contributed by atoms with van der Waals surface area (Å²) < 4.78 is 25.4. The minimum Gasteiger partial charge on any atom is -0.490 e. The molecule has 1 heterocycles. The van der Waals surface area contributed by atoms with E-state index in [0.717, 1.165) is 5.56 Å². The molecule has 0 unspecified atom stereocenters. The molecule has 1 fully saturated rings. The van der Waals surface area contributed by atoms with Crippen molar-refractivity contribution >= 4 is 35.2 Å². The number of halogens is 1. The molecule has 2 amide bonds. The van der Waals surface area contributed by atoms with Crippen molar-refractivity contribution in [1.29, 1.82) is 0 Å². The lowest BCUT2D eigenvalue weighted by molar-refractivity contribution is -0.132. The van der Waals surface area contributed by atoms with Crippen LogP contribution in [0.4, 0.5) is 4.39 Å². The Labute approximate surface area is 197 Å². The standard InChI is InChI=1S/C25H25FN2O4S/c1-5-8-18-11-17(13-20-23(29)27(3)25(33)28(4)24(20)30)14-21(31-6-2)22(18)32-15-16-9-7-10-19(26)12-16/h5,7,9-14H,1,6,8,15H2,2-4H3. The highest BCUT2D eigenvalue weighted by Gasteiger charge is 2.35. The minimum absolute atomic E-state index is 0.00553. The number of hydrogen-bond donors (Lipinski definition) is 0. The van der Waals surface area contributed by atoms with Crippen LogP contribution in [0.15, 0.2) is 54.6 Å². The van der Waals surface area contributed by atoms with Gasteiger partial charge >= 0.3 is 0 Å². The first kappa shape index (κ1) is 24.1. The number of carbonyl (C=O) groups is 2. The normalized spacial score (nSPS) is 13.9. The van der Waals surface area contributed by atoms with Gasteiger partial charge in [-0.1, -0.05) is 18.2 Å². The first-order valence-electron chi connectivity index (χ1n) is 10.4. The third-order valence-corrected chi connectivity index (χ3v) is 5.59. The van der Waals surface area contributed by atoms with Crippen LogP contribution in [0.5, 0.6) is 11.5 Å². The van der Waals surface area contributed by atoms with Crippen molar-refractivity contribution in [3.8, 4) is 11.5 Å². The van der Waals surface area contributed by atoms with Gasteiger partial charge < -0.3 is 9.47 Å². The van der Waals surface area contributed by atoms with Gasteiger partial charge in [-0.15, -0.1) is 6.58 Å². The van der Waals surface area contributed by atoms with E-state index < -0.39 is 11.8 Å². The van der Waals surface area contributed by atoms with Crippen LogP contribution in [0, 0.1) is 5.82 Å². The molecule has 0 bridgehead atoms. The Bertz CT molecular complexity index is 1120. The van der Waals surface area contributed by atoms with E-state index in [9.17, 15) is 14.0 Å². The highest BCUT2D eigenvalue weighted by Crippen LogP contribution is 2.35. The van der Waals surface area contributed by atoms with Crippen molar-refractivity contribution in [1.82, 2.24) is 9.80 Å². The number of carbonyl (C=O) groups excluding carboxylic acids is 2. The summed E-state index contributed by atoms with van der Waals surface area (Å²) in [5.41, 5.74) is 2.02. The van der Waals surface area contributed by atoms with Gasteiger partial charge in [-0.2, -0.15) is 0 Å². The van der Waals surface area contributed by atoms with Crippen LogP contribution >= 0.6 is 12.2 Å². The van der Waals surface area contributed by atoms with E-state index in [2.05, 4.69) is 6.58 Å². The maximum Gasteiger partial charge on any atom is 0.265 e. The van der Waals surface area contributed by atoms with Crippen molar-refractivity contribution < 1.29 is 23.5 Å². The molecule has 0 N–H and O–H groups in total. The molecule has 8 heteroatoms. The van der Waals surface area contributed by atoms with Crippen molar-refractivity contribution in [2.75, 3.05) is 20.7 Å². The fourth-order valence-electron chi connectivity index (χ4n) is 3.42. The molecular weight excluding hydrogens is 443 g/mol. The number of amides is 2. The number of nitrogens with zero attached hydrogens (tertiary/aromatic N) is 2. The van der Waals surface area contributed by atoms with Crippen molar-refractivity contribution in [2.24, 2.45) is 0 Å². The second kappa shape index (κ2) is 10.4. The van der Waals surface area contributed by atoms with Gasteiger partial charge in [0.25, 0.3) is 11.8 Å². The summed E-state index contributed by atoms with van der Waals surface area (Å²) in [6, 6.07) is 9.69. The fourth-order valence-corrected chi connectivity index (χ4v) is 3.59. The molecule has 0 radical (unpaired) electrons. The van der Waals surface area contributed by atoms with Gasteiger partial charge in [0.15, 0.2) is 16.6 Å². The molecule has 0 aliphatic carbocycles. The second-order valence-electron chi connectivity index (χ2n) is 7.42. The number of allylic oxidation sites excluding steroid dienone is 1.